The van der Waals surface area contributed by atoms with E-state index in [9.17, 15) is 26.3 Å². The van der Waals surface area contributed by atoms with Crippen LogP contribution in [0, 0.1) is 0 Å². The zero-order valence-electron chi connectivity index (χ0n) is 8.10. The minimum atomic E-state index is -4.98. The average molecular weight is 259 g/mol. The fourth-order valence-electron chi connectivity index (χ4n) is 1.18. The molecule has 96 valence electrons. The third-order valence-corrected chi connectivity index (χ3v) is 2.02. The molecule has 0 bridgehead atoms. The number of nitrogens with two attached hydrogens (primary N) is 1. The van der Waals surface area contributed by atoms with Crippen LogP contribution in [0.4, 0.5) is 32.0 Å². The van der Waals surface area contributed by atoms with Crippen LogP contribution in [0.5, 0.6) is 0 Å². The first-order valence-electron chi connectivity index (χ1n) is 4.25. The number of rotatable bonds is 1. The minimum Gasteiger partial charge on any atom is -0.398 e. The molecule has 0 fully saturated rings. The van der Waals surface area contributed by atoms with Gasteiger partial charge in [-0.15, -0.1) is 0 Å². The average Bonchev–Trinajstić information content (AvgIpc) is 2.13. The monoisotopic (exact) mass is 259 g/mol. The third kappa shape index (κ3) is 3.02. The van der Waals surface area contributed by atoms with Crippen molar-refractivity contribution in [3.05, 3.63) is 29.3 Å². The molecule has 1 atom stereocenters. The lowest BCUT2D eigenvalue weighted by Gasteiger charge is -2.17. The van der Waals surface area contributed by atoms with E-state index in [2.05, 4.69) is 0 Å². The van der Waals surface area contributed by atoms with Crippen LogP contribution in [-0.2, 0) is 6.18 Å². The van der Waals surface area contributed by atoms with Gasteiger partial charge in [-0.1, -0.05) is 6.07 Å². The Morgan fingerprint density at radius 1 is 1.06 bits per heavy atom. The minimum absolute atomic E-state index is 0.351. The molecule has 1 aromatic carbocycles. The van der Waals surface area contributed by atoms with Crippen LogP contribution in [0.2, 0.25) is 0 Å². The maximum Gasteiger partial charge on any atom is 0.418 e. The summed E-state index contributed by atoms with van der Waals surface area (Å²) in [5.74, 6) is 0. The van der Waals surface area contributed by atoms with Gasteiger partial charge in [-0.2, -0.15) is 26.3 Å². The predicted molar refractivity (Wildman–Crippen MR) is 46.9 cm³/mol. The lowest BCUT2D eigenvalue weighted by Crippen LogP contribution is -2.21. The van der Waals surface area contributed by atoms with E-state index in [0.29, 0.717) is 18.2 Å². The zero-order chi connectivity index (χ0) is 13.4. The maximum absolute atomic E-state index is 12.2. The summed E-state index contributed by atoms with van der Waals surface area (Å²) in [6.07, 6.45) is -12.6. The third-order valence-electron chi connectivity index (χ3n) is 2.02. The van der Waals surface area contributed by atoms with Gasteiger partial charge in [0.15, 0.2) is 6.10 Å². The molecule has 0 heterocycles. The van der Waals surface area contributed by atoms with Crippen LogP contribution in [0.3, 0.4) is 0 Å². The van der Waals surface area contributed by atoms with E-state index in [1.54, 1.807) is 0 Å². The van der Waals surface area contributed by atoms with E-state index >= 15 is 0 Å². The molecule has 2 nitrogen and oxygen atoms in total. The number of alkyl halides is 6. The molecule has 0 radical (unpaired) electrons. The van der Waals surface area contributed by atoms with E-state index in [-0.39, 0.29) is 0 Å². The number of benzene rings is 1. The molecule has 0 spiro atoms. The lowest BCUT2D eigenvalue weighted by atomic mass is 10.0. The molecule has 1 unspecified atom stereocenters. The molecule has 0 saturated heterocycles. The second-order valence-electron chi connectivity index (χ2n) is 3.29. The topological polar surface area (TPSA) is 46.2 Å². The highest BCUT2D eigenvalue weighted by atomic mass is 19.4. The van der Waals surface area contributed by atoms with Crippen molar-refractivity contribution in [3.8, 4) is 0 Å². The van der Waals surface area contributed by atoms with Crippen molar-refractivity contribution < 1.29 is 31.4 Å². The smallest absolute Gasteiger partial charge is 0.398 e. The van der Waals surface area contributed by atoms with Crippen molar-refractivity contribution in [1.82, 2.24) is 0 Å². The Morgan fingerprint density at radius 2 is 1.59 bits per heavy atom. The fraction of sp³-hybridized carbons (Fsp3) is 0.333. The van der Waals surface area contributed by atoms with E-state index < -0.39 is 35.3 Å². The Hall–Kier alpha value is -1.44. The van der Waals surface area contributed by atoms with Crippen LogP contribution in [-0.4, -0.2) is 11.3 Å². The first-order valence-corrected chi connectivity index (χ1v) is 4.25. The first-order chi connectivity index (χ1) is 7.53. The Kier molecular flexibility index (Phi) is 3.28. The summed E-state index contributed by atoms with van der Waals surface area (Å²) in [6.45, 7) is 0. The molecule has 0 aromatic heterocycles. The van der Waals surface area contributed by atoms with Gasteiger partial charge in [0, 0.05) is 11.3 Å². The van der Waals surface area contributed by atoms with Crippen molar-refractivity contribution in [3.63, 3.8) is 0 Å². The van der Waals surface area contributed by atoms with Gasteiger partial charge in [0.25, 0.3) is 0 Å². The van der Waals surface area contributed by atoms with Gasteiger partial charge < -0.3 is 10.8 Å². The number of aliphatic hydroxyl groups is 1. The maximum atomic E-state index is 12.2. The Morgan fingerprint density at radius 3 is 1.94 bits per heavy atom. The molecule has 1 aromatic rings. The Labute approximate surface area is 91.7 Å². The SMILES string of the molecule is Nc1cc(C(F)(F)F)ccc1C(O)C(F)(F)F. The number of hydrogen-bond donors (Lipinski definition) is 2. The normalized spacial score (nSPS) is 14.8. The van der Waals surface area contributed by atoms with Crippen molar-refractivity contribution in [2.24, 2.45) is 0 Å². The van der Waals surface area contributed by atoms with Gasteiger partial charge in [-0.05, 0) is 12.1 Å². The summed E-state index contributed by atoms with van der Waals surface area (Å²) in [7, 11) is 0. The Bertz CT molecular complexity index is 411. The van der Waals surface area contributed by atoms with E-state index in [1.165, 1.54) is 0 Å². The fourth-order valence-corrected chi connectivity index (χ4v) is 1.18. The van der Waals surface area contributed by atoms with Crippen LogP contribution in [0.1, 0.15) is 17.2 Å². The second-order valence-corrected chi connectivity index (χ2v) is 3.29. The highest BCUT2D eigenvalue weighted by molar-refractivity contribution is 5.51. The van der Waals surface area contributed by atoms with Crippen LogP contribution < -0.4 is 5.73 Å². The summed E-state index contributed by atoms with van der Waals surface area (Å²) in [5.41, 5.74) is 2.32. The number of hydrogen-bond acceptors (Lipinski definition) is 2. The van der Waals surface area contributed by atoms with Crippen molar-refractivity contribution >= 4 is 5.69 Å². The molecule has 0 aliphatic heterocycles. The molecule has 0 amide bonds. The summed E-state index contributed by atoms with van der Waals surface area (Å²) in [5, 5.41) is 8.85. The van der Waals surface area contributed by atoms with Crippen LogP contribution >= 0.6 is 0 Å². The van der Waals surface area contributed by atoms with Crippen LogP contribution in [0.15, 0.2) is 18.2 Å². The lowest BCUT2D eigenvalue weighted by molar-refractivity contribution is -0.206. The molecule has 0 aliphatic carbocycles. The summed E-state index contributed by atoms with van der Waals surface area (Å²) >= 11 is 0. The standard InChI is InChI=1S/C9H7F6NO/c10-8(11,12)4-1-2-5(6(16)3-4)7(17)9(13,14)15/h1-3,7,17H,16H2. The molecule has 3 N–H and O–H groups in total. The molecule has 0 aliphatic rings. The van der Waals surface area contributed by atoms with Crippen molar-refractivity contribution in [1.29, 1.82) is 0 Å². The zero-order valence-corrected chi connectivity index (χ0v) is 8.10. The first kappa shape index (κ1) is 13.6. The van der Waals surface area contributed by atoms with Gasteiger partial charge in [-0.3, -0.25) is 0 Å². The van der Waals surface area contributed by atoms with Crippen molar-refractivity contribution in [2.75, 3.05) is 5.73 Å². The Balaban J connectivity index is 3.15. The number of halogens is 6. The second kappa shape index (κ2) is 4.10. The molecular weight excluding hydrogens is 252 g/mol. The number of anilines is 1. The molecule has 8 heteroatoms. The summed E-state index contributed by atoms with van der Waals surface area (Å²) < 4.78 is 72.9. The predicted octanol–water partition coefficient (Wildman–Crippen LogP) is 2.88. The van der Waals surface area contributed by atoms with Gasteiger partial charge in [0.2, 0.25) is 0 Å². The highest BCUT2D eigenvalue weighted by Gasteiger charge is 2.41. The van der Waals surface area contributed by atoms with E-state index in [4.69, 9.17) is 10.8 Å². The number of aliphatic hydroxyl groups excluding tert-OH is 1. The van der Waals surface area contributed by atoms with Crippen LogP contribution in [0.25, 0.3) is 0 Å². The largest absolute Gasteiger partial charge is 0.418 e. The van der Waals surface area contributed by atoms with E-state index in [1.807, 2.05) is 0 Å². The van der Waals surface area contributed by atoms with Crippen molar-refractivity contribution in [2.45, 2.75) is 18.5 Å². The molecule has 17 heavy (non-hydrogen) atoms. The summed E-state index contributed by atoms with van der Waals surface area (Å²) in [6, 6.07) is 1.29. The molecule has 0 saturated carbocycles. The van der Waals surface area contributed by atoms with Gasteiger partial charge in [-0.25, -0.2) is 0 Å². The molecular formula is C9H7F6NO. The quantitative estimate of drug-likeness (QED) is 0.601. The van der Waals surface area contributed by atoms with E-state index in [0.717, 1.165) is 0 Å². The molecule has 1 rings (SSSR count). The van der Waals surface area contributed by atoms with Gasteiger partial charge in [0.1, 0.15) is 0 Å². The number of nitrogen functional groups attached to an aromatic ring is 1. The summed E-state index contributed by atoms with van der Waals surface area (Å²) in [4.78, 5) is 0. The van der Waals surface area contributed by atoms with Gasteiger partial charge >= 0.3 is 12.4 Å². The van der Waals surface area contributed by atoms with Gasteiger partial charge in [0.05, 0.1) is 5.56 Å². The highest BCUT2D eigenvalue weighted by Crippen LogP contribution is 2.38.